The van der Waals surface area contributed by atoms with Gasteiger partial charge in [-0.2, -0.15) is 23.7 Å². The summed E-state index contributed by atoms with van der Waals surface area (Å²) in [7, 11) is 0. The van der Waals surface area contributed by atoms with Gasteiger partial charge in [0.05, 0.1) is 0 Å². The van der Waals surface area contributed by atoms with Crippen LogP contribution in [0, 0.1) is 64.5 Å². The molecule has 0 rings (SSSR count). The van der Waals surface area contributed by atoms with E-state index >= 15 is 0 Å². The van der Waals surface area contributed by atoms with Crippen molar-refractivity contribution in [2.75, 3.05) is 0 Å². The number of hydrogen-bond donors (Lipinski definition) is 0. The molecule has 0 saturated carbocycles. The van der Waals surface area contributed by atoms with Crippen molar-refractivity contribution in [1.82, 2.24) is 0 Å². The molecule has 0 unspecified atom stereocenters. The number of unbranched alkanes of at least 4 members (excludes halogenated alkanes) is 4. The van der Waals surface area contributed by atoms with E-state index in [9.17, 15) is 0 Å². The molecular formula is C40H68AlLi. The quantitative estimate of drug-likeness (QED) is 0.126. The van der Waals surface area contributed by atoms with Crippen LogP contribution in [-0.2, 0) is 0 Å². The maximum atomic E-state index is 3.75. The minimum atomic E-state index is -3.14. The Labute approximate surface area is 280 Å². The van der Waals surface area contributed by atoms with Gasteiger partial charge >= 0.3 is 31.9 Å². The summed E-state index contributed by atoms with van der Waals surface area (Å²) in [6.07, 6.45) is 18.4. The summed E-state index contributed by atoms with van der Waals surface area (Å²) in [5.74, 6) is 14.6. The molecule has 0 N–H and O–H groups in total. The van der Waals surface area contributed by atoms with Gasteiger partial charge in [-0.05, 0) is 47.3 Å². The zero-order valence-electron chi connectivity index (χ0n) is 30.9. The number of hydrogen-bond acceptors (Lipinski definition) is 0. The molecule has 0 bridgehead atoms. The molecule has 42 heavy (non-hydrogen) atoms. The van der Waals surface area contributed by atoms with E-state index in [0.717, 1.165) is 25.7 Å². The second-order valence-corrected chi connectivity index (χ2v) is 18.8. The van der Waals surface area contributed by atoms with Crippen molar-refractivity contribution in [3.8, 4) is 42.8 Å². The van der Waals surface area contributed by atoms with Gasteiger partial charge in [-0.1, -0.05) is 134 Å². The van der Waals surface area contributed by atoms with E-state index in [-0.39, 0.29) is 40.5 Å². The zero-order chi connectivity index (χ0) is 31.5. The standard InChI is InChI=1S/4C10H17.Al.Li/c4*1-5-7-9-10(3,4)8-6-2;;/h4*5,7-9H2,1,3-4H3;;/q;;;;-1;+1. The van der Waals surface area contributed by atoms with Crippen molar-refractivity contribution in [2.45, 2.75) is 186 Å². The molecular weight excluding hydrogens is 514 g/mol. The van der Waals surface area contributed by atoms with E-state index < -0.39 is 13.1 Å². The van der Waals surface area contributed by atoms with Crippen LogP contribution in [0.15, 0.2) is 0 Å². The van der Waals surface area contributed by atoms with Crippen LogP contribution in [0.2, 0.25) is 0 Å². The smallest absolute Gasteiger partial charge is 0.311 e. The van der Waals surface area contributed by atoms with Crippen LogP contribution in [0.4, 0.5) is 0 Å². The minimum absolute atomic E-state index is 0. The predicted octanol–water partition coefficient (Wildman–Crippen LogP) is 9.04. The fourth-order valence-electron chi connectivity index (χ4n) is 4.96. The molecule has 0 radical (unpaired) electrons. The molecule has 0 aromatic heterocycles. The van der Waals surface area contributed by atoms with Gasteiger partial charge in [0.25, 0.3) is 0 Å². The van der Waals surface area contributed by atoms with Crippen molar-refractivity contribution < 1.29 is 18.9 Å². The summed E-state index contributed by atoms with van der Waals surface area (Å²) in [5, 5.41) is 0. The zero-order valence-corrected chi connectivity index (χ0v) is 32.0. The molecule has 0 aliphatic rings. The van der Waals surface area contributed by atoms with Crippen molar-refractivity contribution in [3.05, 3.63) is 0 Å². The van der Waals surface area contributed by atoms with Gasteiger partial charge < -0.3 is 19.1 Å². The van der Waals surface area contributed by atoms with Crippen LogP contribution in [0.3, 0.4) is 0 Å². The van der Waals surface area contributed by atoms with Crippen LogP contribution >= 0.6 is 0 Å². The molecule has 0 aromatic carbocycles. The second kappa shape index (κ2) is 22.0. The van der Waals surface area contributed by atoms with Gasteiger partial charge in [-0.25, -0.2) is 0 Å². The van der Waals surface area contributed by atoms with Crippen molar-refractivity contribution in [3.63, 3.8) is 0 Å². The predicted molar refractivity (Wildman–Crippen MR) is 189 cm³/mol. The Hall–Kier alpha value is -0.630. The Morgan fingerprint density at radius 3 is 0.738 bits per heavy atom. The third kappa shape index (κ3) is 22.0. The van der Waals surface area contributed by atoms with E-state index in [0.29, 0.717) is 0 Å². The topological polar surface area (TPSA) is 0 Å². The third-order valence-corrected chi connectivity index (χ3v) is 10.9. The minimum Gasteiger partial charge on any atom is -0.311 e. The van der Waals surface area contributed by atoms with E-state index in [1.807, 2.05) is 0 Å². The van der Waals surface area contributed by atoms with Crippen LogP contribution in [0.5, 0.6) is 0 Å². The van der Waals surface area contributed by atoms with Crippen molar-refractivity contribution in [1.29, 1.82) is 0 Å². The summed E-state index contributed by atoms with van der Waals surface area (Å²) >= 11 is -3.14. The average Bonchev–Trinajstić information content (AvgIpc) is 2.88. The second-order valence-electron chi connectivity index (χ2n) is 15.9. The van der Waals surface area contributed by atoms with Gasteiger partial charge in [0.1, 0.15) is 0 Å². The van der Waals surface area contributed by atoms with E-state index in [1.54, 1.807) is 0 Å². The third-order valence-electron chi connectivity index (χ3n) is 8.37. The Balaban J connectivity index is 0. The fourth-order valence-corrected chi connectivity index (χ4v) is 7.03. The largest absolute Gasteiger partial charge is 1.00 e. The molecule has 0 aliphatic carbocycles. The van der Waals surface area contributed by atoms with Crippen LogP contribution in [-0.4, -0.2) is 13.1 Å². The molecule has 0 fully saturated rings. The van der Waals surface area contributed by atoms with Crippen LogP contribution in [0.25, 0.3) is 0 Å². The molecule has 0 spiro atoms. The van der Waals surface area contributed by atoms with Gasteiger partial charge in [0.15, 0.2) is 0 Å². The average molecular weight is 583 g/mol. The Morgan fingerprint density at radius 1 is 0.381 bits per heavy atom. The Bertz CT molecular complexity index is 816. The molecule has 0 saturated heterocycles. The Kier molecular flexibility index (Phi) is 22.8. The Morgan fingerprint density at radius 2 is 0.571 bits per heavy atom. The SMILES string of the molecule is CCCCC(C)(C)CC#[C][Al-]([C]#CCC(C)(C)CCCC)([C]#CCC(C)(C)CCCC)[C]#CCC(C)(C)CCCC.[Li+]. The first-order chi connectivity index (χ1) is 19.1. The molecule has 0 heterocycles. The maximum absolute atomic E-state index is 3.75. The summed E-state index contributed by atoms with van der Waals surface area (Å²) in [5.41, 5.74) is 0.866. The molecule has 0 amide bonds. The first-order valence-corrected chi connectivity index (χ1v) is 19.5. The van der Waals surface area contributed by atoms with E-state index in [2.05, 4.69) is 126 Å². The van der Waals surface area contributed by atoms with E-state index in [1.165, 1.54) is 77.0 Å². The summed E-state index contributed by atoms with van der Waals surface area (Å²) in [6, 6.07) is 0. The van der Waals surface area contributed by atoms with E-state index in [4.69, 9.17) is 0 Å². The summed E-state index contributed by atoms with van der Waals surface area (Å²) < 4.78 is 0. The van der Waals surface area contributed by atoms with Gasteiger partial charge in [0.2, 0.25) is 0 Å². The molecule has 2 heteroatoms. The molecule has 232 valence electrons. The molecule has 0 aliphatic heterocycles. The summed E-state index contributed by atoms with van der Waals surface area (Å²) in [4.78, 5) is 15.0. The maximum Gasteiger partial charge on any atom is 1.00 e. The van der Waals surface area contributed by atoms with Gasteiger partial charge in [0, 0.05) is 25.7 Å². The fraction of sp³-hybridized carbons (Fsp3) is 0.800. The van der Waals surface area contributed by atoms with Crippen LogP contribution in [0.1, 0.15) is 186 Å². The monoisotopic (exact) mass is 583 g/mol. The van der Waals surface area contributed by atoms with Gasteiger partial charge in [-0.15, -0.1) is 0 Å². The van der Waals surface area contributed by atoms with Crippen molar-refractivity contribution in [2.24, 2.45) is 21.7 Å². The number of rotatable bonds is 16. The van der Waals surface area contributed by atoms with Crippen molar-refractivity contribution >= 4 is 13.1 Å². The molecule has 0 nitrogen and oxygen atoms in total. The molecule has 0 atom stereocenters. The van der Waals surface area contributed by atoms with Gasteiger partial charge in [-0.3, -0.25) is 0 Å². The first-order valence-electron chi connectivity index (χ1n) is 17.2. The first kappa shape index (κ1) is 43.5. The van der Waals surface area contributed by atoms with Crippen LogP contribution < -0.4 is 18.9 Å². The molecule has 0 aromatic rings. The normalized spacial score (nSPS) is 11.9. The summed E-state index contributed by atoms with van der Waals surface area (Å²) in [6.45, 7) is 27.9.